The van der Waals surface area contributed by atoms with Crippen LogP contribution in [0.5, 0.6) is 0 Å². The van der Waals surface area contributed by atoms with Crippen LogP contribution in [0.2, 0.25) is 0 Å². The molecule has 1 rings (SSSR count). The Morgan fingerprint density at radius 3 is 2.18 bits per heavy atom. The lowest BCUT2D eigenvalue weighted by Gasteiger charge is -2.17. The monoisotopic (exact) mass is 247 g/mol. The van der Waals surface area contributed by atoms with Crippen LogP contribution >= 0.6 is 0 Å². The molecule has 17 heavy (non-hydrogen) atoms. The third kappa shape index (κ3) is 3.74. The van der Waals surface area contributed by atoms with Crippen molar-refractivity contribution in [2.75, 3.05) is 6.54 Å². The third-order valence-corrected chi connectivity index (χ3v) is 1.92. The Balaban J connectivity index is 2.90. The maximum atomic E-state index is 13.2. The van der Waals surface area contributed by atoms with Crippen LogP contribution in [0.4, 0.5) is 13.2 Å². The third-order valence-electron chi connectivity index (χ3n) is 1.92. The first-order valence-electron chi connectivity index (χ1n) is 4.86. The fourth-order valence-electron chi connectivity index (χ4n) is 1.14. The zero-order valence-corrected chi connectivity index (χ0v) is 9.35. The van der Waals surface area contributed by atoms with Crippen molar-refractivity contribution < 1.29 is 23.1 Å². The molecule has 0 aliphatic heterocycles. The van der Waals surface area contributed by atoms with Crippen LogP contribution in [-0.2, 0) is 0 Å². The maximum Gasteiger partial charge on any atom is 0.257 e. The molecule has 0 aromatic heterocycles. The van der Waals surface area contributed by atoms with Gasteiger partial charge >= 0.3 is 0 Å². The molecule has 1 aromatic carbocycles. The molecule has 0 aliphatic rings. The van der Waals surface area contributed by atoms with Crippen LogP contribution in [0.25, 0.3) is 0 Å². The van der Waals surface area contributed by atoms with Gasteiger partial charge in [-0.05, 0) is 13.8 Å². The van der Waals surface area contributed by atoms with Gasteiger partial charge in [-0.15, -0.1) is 0 Å². The van der Waals surface area contributed by atoms with Crippen molar-refractivity contribution >= 4 is 5.91 Å². The molecule has 0 fully saturated rings. The number of nitrogens with one attached hydrogen (secondary N) is 1. The van der Waals surface area contributed by atoms with E-state index < -0.39 is 34.5 Å². The Kier molecular flexibility index (Phi) is 3.77. The van der Waals surface area contributed by atoms with Gasteiger partial charge in [0.25, 0.3) is 5.91 Å². The number of carbonyl (C=O) groups is 1. The van der Waals surface area contributed by atoms with Gasteiger partial charge in [-0.3, -0.25) is 4.79 Å². The highest BCUT2D eigenvalue weighted by atomic mass is 19.1. The number of carbonyl (C=O) groups excluding carboxylic acids is 1. The lowest BCUT2D eigenvalue weighted by Crippen LogP contribution is -2.38. The van der Waals surface area contributed by atoms with E-state index in [9.17, 15) is 23.1 Å². The lowest BCUT2D eigenvalue weighted by atomic mass is 10.1. The molecule has 0 atom stereocenters. The summed E-state index contributed by atoms with van der Waals surface area (Å²) in [7, 11) is 0. The van der Waals surface area contributed by atoms with E-state index in [0.29, 0.717) is 12.1 Å². The summed E-state index contributed by atoms with van der Waals surface area (Å²) in [4.78, 5) is 11.4. The van der Waals surface area contributed by atoms with E-state index in [0.717, 1.165) is 0 Å². The Morgan fingerprint density at radius 1 is 1.29 bits per heavy atom. The van der Waals surface area contributed by atoms with Crippen molar-refractivity contribution in [3.8, 4) is 0 Å². The molecular weight excluding hydrogens is 235 g/mol. The molecule has 1 amide bonds. The first kappa shape index (κ1) is 13.5. The van der Waals surface area contributed by atoms with E-state index in [4.69, 9.17) is 0 Å². The molecule has 0 spiro atoms. The van der Waals surface area contributed by atoms with Gasteiger partial charge in [0, 0.05) is 18.7 Å². The van der Waals surface area contributed by atoms with Crippen molar-refractivity contribution in [1.82, 2.24) is 5.32 Å². The average molecular weight is 247 g/mol. The van der Waals surface area contributed by atoms with Crippen LogP contribution in [0.3, 0.4) is 0 Å². The lowest BCUT2D eigenvalue weighted by molar-refractivity contribution is 0.0690. The van der Waals surface area contributed by atoms with E-state index in [2.05, 4.69) is 5.32 Å². The predicted octanol–water partition coefficient (Wildman–Crippen LogP) is 1.60. The summed E-state index contributed by atoms with van der Waals surface area (Å²) < 4.78 is 39.0. The molecule has 3 nitrogen and oxygen atoms in total. The van der Waals surface area contributed by atoms with E-state index in [1.165, 1.54) is 13.8 Å². The zero-order chi connectivity index (χ0) is 13.2. The van der Waals surface area contributed by atoms with Gasteiger partial charge in [0.2, 0.25) is 0 Å². The minimum absolute atomic E-state index is 0.178. The second kappa shape index (κ2) is 4.75. The molecule has 0 unspecified atom stereocenters. The van der Waals surface area contributed by atoms with Gasteiger partial charge in [0.05, 0.1) is 5.60 Å². The number of benzene rings is 1. The molecule has 2 N–H and O–H groups in total. The van der Waals surface area contributed by atoms with Gasteiger partial charge in [0.15, 0.2) is 0 Å². The number of amides is 1. The van der Waals surface area contributed by atoms with E-state index in [1.54, 1.807) is 0 Å². The van der Waals surface area contributed by atoms with Crippen molar-refractivity contribution in [2.45, 2.75) is 19.4 Å². The molecule has 0 saturated heterocycles. The minimum atomic E-state index is -1.28. The average Bonchev–Trinajstić information content (AvgIpc) is 2.11. The highest BCUT2D eigenvalue weighted by molar-refractivity contribution is 5.94. The van der Waals surface area contributed by atoms with Gasteiger partial charge in [-0.2, -0.15) is 0 Å². The number of halogens is 3. The smallest absolute Gasteiger partial charge is 0.257 e. The predicted molar refractivity (Wildman–Crippen MR) is 54.9 cm³/mol. The number of hydrogen-bond acceptors (Lipinski definition) is 2. The first-order chi connectivity index (χ1) is 7.70. The number of rotatable bonds is 3. The van der Waals surface area contributed by atoms with E-state index in [1.807, 2.05) is 0 Å². The summed E-state index contributed by atoms with van der Waals surface area (Å²) in [5.41, 5.74) is -2.07. The first-order valence-corrected chi connectivity index (χ1v) is 4.86. The fraction of sp³-hybridized carbons (Fsp3) is 0.364. The largest absolute Gasteiger partial charge is 0.389 e. The Bertz CT molecular complexity index is 418. The fourth-order valence-corrected chi connectivity index (χ4v) is 1.14. The summed E-state index contributed by atoms with van der Waals surface area (Å²) in [5.74, 6) is -4.70. The van der Waals surface area contributed by atoms with Gasteiger partial charge in [-0.1, -0.05) is 0 Å². The molecular formula is C11H12F3NO2. The van der Waals surface area contributed by atoms with Crippen LogP contribution < -0.4 is 5.32 Å². The van der Waals surface area contributed by atoms with Crippen LogP contribution in [0.1, 0.15) is 24.2 Å². The van der Waals surface area contributed by atoms with Crippen molar-refractivity contribution in [2.24, 2.45) is 0 Å². The normalized spacial score (nSPS) is 11.4. The zero-order valence-electron chi connectivity index (χ0n) is 9.35. The molecule has 94 valence electrons. The second-order valence-electron chi connectivity index (χ2n) is 4.24. The SMILES string of the molecule is CC(C)(O)CNC(=O)c1c(F)cc(F)cc1F. The van der Waals surface area contributed by atoms with E-state index >= 15 is 0 Å². The van der Waals surface area contributed by atoms with Crippen LogP contribution in [0, 0.1) is 17.5 Å². The standard InChI is InChI=1S/C11H12F3NO2/c1-11(2,17)5-15-10(16)9-7(13)3-6(12)4-8(9)14/h3-4,17H,5H2,1-2H3,(H,15,16). The summed E-state index contributed by atoms with van der Waals surface area (Å²) in [5, 5.41) is 11.5. The van der Waals surface area contributed by atoms with Crippen LogP contribution in [0.15, 0.2) is 12.1 Å². The Morgan fingerprint density at radius 2 is 1.76 bits per heavy atom. The number of hydrogen-bond donors (Lipinski definition) is 2. The van der Waals surface area contributed by atoms with Crippen molar-refractivity contribution in [3.05, 3.63) is 35.1 Å². The van der Waals surface area contributed by atoms with Crippen LogP contribution in [-0.4, -0.2) is 23.2 Å². The topological polar surface area (TPSA) is 49.3 Å². The quantitative estimate of drug-likeness (QED) is 0.852. The Hall–Kier alpha value is -1.56. The maximum absolute atomic E-state index is 13.2. The highest BCUT2D eigenvalue weighted by Crippen LogP contribution is 2.14. The Labute approximate surface area is 96.3 Å². The second-order valence-corrected chi connectivity index (χ2v) is 4.24. The highest BCUT2D eigenvalue weighted by Gasteiger charge is 2.21. The molecule has 0 bridgehead atoms. The molecule has 0 saturated carbocycles. The minimum Gasteiger partial charge on any atom is -0.389 e. The molecule has 0 heterocycles. The summed E-state index contributed by atoms with van der Waals surface area (Å²) in [6, 6.07) is 0.837. The van der Waals surface area contributed by atoms with Crippen molar-refractivity contribution in [3.63, 3.8) is 0 Å². The van der Waals surface area contributed by atoms with Crippen molar-refractivity contribution in [1.29, 1.82) is 0 Å². The summed E-state index contributed by atoms with van der Waals surface area (Å²) >= 11 is 0. The molecule has 1 aromatic rings. The molecule has 6 heteroatoms. The molecule has 0 radical (unpaired) electrons. The van der Waals surface area contributed by atoms with Gasteiger partial charge in [0.1, 0.15) is 23.0 Å². The molecule has 0 aliphatic carbocycles. The van der Waals surface area contributed by atoms with Gasteiger partial charge in [-0.25, -0.2) is 13.2 Å². The summed E-state index contributed by atoms with van der Waals surface area (Å²) in [6.45, 7) is 2.66. The summed E-state index contributed by atoms with van der Waals surface area (Å²) in [6.07, 6.45) is 0. The van der Waals surface area contributed by atoms with E-state index in [-0.39, 0.29) is 6.54 Å². The van der Waals surface area contributed by atoms with Gasteiger partial charge < -0.3 is 10.4 Å². The number of aliphatic hydroxyl groups is 1.